The van der Waals surface area contributed by atoms with Gasteiger partial charge in [-0.1, -0.05) is 47.5 Å². The second kappa shape index (κ2) is 9.58. The van der Waals surface area contributed by atoms with Crippen LogP contribution in [0.1, 0.15) is 29.8 Å². The number of ether oxygens (including phenoxy) is 1. The molecule has 0 aliphatic carbocycles. The monoisotopic (exact) mass is 414 g/mol. The highest BCUT2D eigenvalue weighted by molar-refractivity contribution is 6.36. The summed E-state index contributed by atoms with van der Waals surface area (Å²) in [5.41, 5.74) is 2.42. The second-order valence-electron chi connectivity index (χ2n) is 6.35. The van der Waals surface area contributed by atoms with Crippen molar-refractivity contribution in [1.29, 1.82) is 0 Å². The van der Waals surface area contributed by atoms with E-state index >= 15 is 0 Å². The van der Waals surface area contributed by atoms with E-state index in [1.54, 1.807) is 24.4 Å². The molecule has 4 nitrogen and oxygen atoms in total. The molecule has 0 aliphatic rings. The van der Waals surface area contributed by atoms with Gasteiger partial charge in [-0.3, -0.25) is 9.78 Å². The number of hydrogen-bond acceptors (Lipinski definition) is 3. The molecule has 0 saturated carbocycles. The van der Waals surface area contributed by atoms with Gasteiger partial charge < -0.3 is 10.1 Å². The van der Waals surface area contributed by atoms with Crippen molar-refractivity contribution in [3.8, 4) is 5.75 Å². The number of halogens is 2. The third-order valence-electron chi connectivity index (χ3n) is 4.25. The van der Waals surface area contributed by atoms with E-state index < -0.39 is 0 Å². The summed E-state index contributed by atoms with van der Waals surface area (Å²) in [5, 5.41) is 3.95. The highest BCUT2D eigenvalue weighted by Gasteiger charge is 2.14. The van der Waals surface area contributed by atoms with Crippen molar-refractivity contribution in [2.24, 2.45) is 0 Å². The molecule has 1 amide bonds. The number of pyridine rings is 1. The Balaban J connectivity index is 1.61. The van der Waals surface area contributed by atoms with Crippen molar-refractivity contribution < 1.29 is 9.53 Å². The minimum Gasteiger partial charge on any atom is -0.487 e. The molecule has 0 radical (unpaired) electrons. The van der Waals surface area contributed by atoms with Crippen LogP contribution in [-0.2, 0) is 17.8 Å². The Hall–Kier alpha value is -2.56. The molecule has 0 bridgehead atoms. The van der Waals surface area contributed by atoms with Crippen LogP contribution in [0.15, 0.2) is 66.9 Å². The number of nitrogens with zero attached hydrogens (tertiary/aromatic N) is 1. The SMILES string of the molecule is CC(NC(=O)Cc1c(Cl)cccc1Cl)c1cccc(OCc2ccccn2)c1. The first-order chi connectivity index (χ1) is 13.5. The van der Waals surface area contributed by atoms with Crippen molar-refractivity contribution in [1.82, 2.24) is 10.3 Å². The Morgan fingerprint density at radius 3 is 2.54 bits per heavy atom. The molecular formula is C22H20Cl2N2O2. The third-order valence-corrected chi connectivity index (χ3v) is 4.96. The topological polar surface area (TPSA) is 51.2 Å². The average Bonchev–Trinajstić information content (AvgIpc) is 2.70. The first-order valence-corrected chi connectivity index (χ1v) is 9.63. The number of carbonyl (C=O) groups is 1. The van der Waals surface area contributed by atoms with Gasteiger partial charge in [0.05, 0.1) is 18.2 Å². The number of hydrogen-bond donors (Lipinski definition) is 1. The lowest BCUT2D eigenvalue weighted by Gasteiger charge is -2.16. The molecule has 0 fully saturated rings. The molecule has 0 spiro atoms. The average molecular weight is 415 g/mol. The van der Waals surface area contributed by atoms with Gasteiger partial charge in [0.2, 0.25) is 5.91 Å². The summed E-state index contributed by atoms with van der Waals surface area (Å²) in [7, 11) is 0. The van der Waals surface area contributed by atoms with E-state index in [0.717, 1.165) is 17.0 Å². The maximum absolute atomic E-state index is 12.4. The Kier molecular flexibility index (Phi) is 6.90. The molecule has 0 saturated heterocycles. The van der Waals surface area contributed by atoms with Crippen LogP contribution in [-0.4, -0.2) is 10.9 Å². The molecule has 3 rings (SSSR count). The zero-order valence-electron chi connectivity index (χ0n) is 15.4. The number of nitrogens with one attached hydrogen (secondary N) is 1. The predicted molar refractivity (Wildman–Crippen MR) is 112 cm³/mol. The number of benzene rings is 2. The third kappa shape index (κ3) is 5.47. The molecule has 0 aliphatic heterocycles. The Morgan fingerprint density at radius 1 is 1.07 bits per heavy atom. The van der Waals surface area contributed by atoms with E-state index in [2.05, 4.69) is 10.3 Å². The summed E-state index contributed by atoms with van der Waals surface area (Å²) in [5.74, 6) is 0.570. The maximum atomic E-state index is 12.4. The zero-order chi connectivity index (χ0) is 19.9. The summed E-state index contributed by atoms with van der Waals surface area (Å²) in [4.78, 5) is 16.7. The van der Waals surface area contributed by atoms with Gasteiger partial charge in [0, 0.05) is 16.2 Å². The summed E-state index contributed by atoms with van der Waals surface area (Å²) >= 11 is 12.3. The molecule has 1 heterocycles. The van der Waals surface area contributed by atoms with Gasteiger partial charge in [-0.2, -0.15) is 0 Å². The van der Waals surface area contributed by atoms with Gasteiger partial charge >= 0.3 is 0 Å². The number of aromatic nitrogens is 1. The van der Waals surface area contributed by atoms with Crippen LogP contribution in [0, 0.1) is 0 Å². The quantitative estimate of drug-likeness (QED) is 0.563. The Labute approximate surface area is 174 Å². The van der Waals surface area contributed by atoms with E-state index in [9.17, 15) is 4.79 Å². The van der Waals surface area contributed by atoms with E-state index in [-0.39, 0.29) is 18.4 Å². The smallest absolute Gasteiger partial charge is 0.225 e. The predicted octanol–water partition coefficient (Wildman–Crippen LogP) is 5.39. The summed E-state index contributed by atoms with van der Waals surface area (Å²) in [6.45, 7) is 2.31. The van der Waals surface area contributed by atoms with Gasteiger partial charge in [0.25, 0.3) is 0 Å². The van der Waals surface area contributed by atoms with E-state index in [1.807, 2.05) is 49.4 Å². The molecule has 28 heavy (non-hydrogen) atoms. The lowest BCUT2D eigenvalue weighted by atomic mass is 10.1. The fourth-order valence-electron chi connectivity index (χ4n) is 2.75. The second-order valence-corrected chi connectivity index (χ2v) is 7.16. The molecule has 1 unspecified atom stereocenters. The fraction of sp³-hybridized carbons (Fsp3) is 0.182. The Morgan fingerprint density at radius 2 is 1.82 bits per heavy atom. The molecular weight excluding hydrogens is 395 g/mol. The lowest BCUT2D eigenvalue weighted by molar-refractivity contribution is -0.121. The van der Waals surface area contributed by atoms with Crippen molar-refractivity contribution >= 4 is 29.1 Å². The van der Waals surface area contributed by atoms with Gasteiger partial charge in [0.15, 0.2) is 0 Å². The number of carbonyl (C=O) groups excluding carboxylic acids is 1. The van der Waals surface area contributed by atoms with Crippen LogP contribution in [0.5, 0.6) is 5.75 Å². The van der Waals surface area contributed by atoms with Gasteiger partial charge in [-0.05, 0) is 54.4 Å². The summed E-state index contributed by atoms with van der Waals surface area (Å²) < 4.78 is 5.80. The molecule has 1 N–H and O–H groups in total. The fourth-order valence-corrected chi connectivity index (χ4v) is 3.28. The molecule has 1 atom stereocenters. The molecule has 3 aromatic rings. The highest BCUT2D eigenvalue weighted by Crippen LogP contribution is 2.25. The minimum atomic E-state index is -0.188. The molecule has 144 valence electrons. The van der Waals surface area contributed by atoms with Crippen LogP contribution in [0.4, 0.5) is 0 Å². The standard InChI is InChI=1S/C22H20Cl2N2O2/c1-15(26-22(27)13-19-20(23)9-5-10-21(19)24)16-6-4-8-18(12-16)28-14-17-7-2-3-11-25-17/h2-12,15H,13-14H2,1H3,(H,26,27). The minimum absolute atomic E-state index is 0.124. The molecule has 6 heteroatoms. The van der Waals surface area contributed by atoms with Crippen molar-refractivity contribution in [3.05, 3.63) is 93.7 Å². The van der Waals surface area contributed by atoms with Gasteiger partial charge in [0.1, 0.15) is 12.4 Å². The van der Waals surface area contributed by atoms with E-state index in [1.165, 1.54) is 0 Å². The molecule has 1 aromatic heterocycles. The van der Waals surface area contributed by atoms with Crippen LogP contribution in [0.25, 0.3) is 0 Å². The highest BCUT2D eigenvalue weighted by atomic mass is 35.5. The number of amides is 1. The van der Waals surface area contributed by atoms with Crippen LogP contribution < -0.4 is 10.1 Å². The largest absolute Gasteiger partial charge is 0.487 e. The van der Waals surface area contributed by atoms with Gasteiger partial charge in [-0.15, -0.1) is 0 Å². The normalized spacial score (nSPS) is 11.7. The first-order valence-electron chi connectivity index (χ1n) is 8.88. The maximum Gasteiger partial charge on any atom is 0.225 e. The Bertz CT molecular complexity index is 928. The van der Waals surface area contributed by atoms with E-state index in [4.69, 9.17) is 27.9 Å². The lowest BCUT2D eigenvalue weighted by Crippen LogP contribution is -2.28. The summed E-state index contributed by atoms with van der Waals surface area (Å²) in [6.07, 6.45) is 1.86. The van der Waals surface area contributed by atoms with Crippen LogP contribution >= 0.6 is 23.2 Å². The van der Waals surface area contributed by atoms with Crippen molar-refractivity contribution in [2.45, 2.75) is 26.0 Å². The number of rotatable bonds is 7. The van der Waals surface area contributed by atoms with Crippen LogP contribution in [0.3, 0.4) is 0 Å². The summed E-state index contributed by atoms with van der Waals surface area (Å²) in [6, 6.07) is 18.3. The van der Waals surface area contributed by atoms with Crippen LogP contribution in [0.2, 0.25) is 10.0 Å². The van der Waals surface area contributed by atoms with Gasteiger partial charge in [-0.25, -0.2) is 0 Å². The molecule has 2 aromatic carbocycles. The zero-order valence-corrected chi connectivity index (χ0v) is 16.9. The van der Waals surface area contributed by atoms with E-state index in [0.29, 0.717) is 22.2 Å². The van der Waals surface area contributed by atoms with Crippen molar-refractivity contribution in [3.63, 3.8) is 0 Å². The van der Waals surface area contributed by atoms with Crippen molar-refractivity contribution in [2.75, 3.05) is 0 Å². The first kappa shape index (κ1) is 20.2.